The molecule has 0 aliphatic heterocycles. The number of carbonyl (C=O) groups is 1. The van der Waals surface area contributed by atoms with E-state index in [9.17, 15) is 4.79 Å². The molecule has 0 spiro atoms. The minimum atomic E-state index is -0.198. The lowest BCUT2D eigenvalue weighted by molar-refractivity contribution is -0.132. The van der Waals surface area contributed by atoms with E-state index in [1.54, 1.807) is 0 Å². The summed E-state index contributed by atoms with van der Waals surface area (Å²) in [5.41, 5.74) is 9.15. The molecule has 0 bridgehead atoms. The lowest BCUT2D eigenvalue weighted by atomic mass is 9.65. The second kappa shape index (κ2) is 4.61. The second-order valence-corrected chi connectivity index (χ2v) is 5.37. The number of aryl methyl sites for hydroxylation is 2. The molecule has 92 valence electrons. The van der Waals surface area contributed by atoms with Crippen LogP contribution in [-0.2, 0) is 11.2 Å². The van der Waals surface area contributed by atoms with Gasteiger partial charge in [-0.1, -0.05) is 30.2 Å². The van der Waals surface area contributed by atoms with Crippen LogP contribution in [0.25, 0.3) is 0 Å². The van der Waals surface area contributed by atoms with Crippen LogP contribution >= 0.6 is 0 Å². The average Bonchev–Trinajstić information content (AvgIpc) is 2.23. The van der Waals surface area contributed by atoms with E-state index >= 15 is 0 Å². The molecule has 0 unspecified atom stereocenters. The van der Waals surface area contributed by atoms with Crippen molar-refractivity contribution in [2.24, 2.45) is 11.1 Å². The summed E-state index contributed by atoms with van der Waals surface area (Å²) >= 11 is 0. The Morgan fingerprint density at radius 1 is 1.35 bits per heavy atom. The Balaban J connectivity index is 2.15. The van der Waals surface area contributed by atoms with Gasteiger partial charge in [0.15, 0.2) is 0 Å². The lowest BCUT2D eigenvalue weighted by Crippen LogP contribution is -2.45. The van der Waals surface area contributed by atoms with Crippen molar-refractivity contribution in [2.45, 2.75) is 39.5 Å². The molecular formula is C15H21NO. The molecule has 0 heterocycles. The van der Waals surface area contributed by atoms with Gasteiger partial charge in [0.25, 0.3) is 0 Å². The minimum Gasteiger partial charge on any atom is -0.329 e. The molecule has 0 atom stereocenters. The molecule has 2 nitrogen and oxygen atoms in total. The highest BCUT2D eigenvalue weighted by Crippen LogP contribution is 2.41. The van der Waals surface area contributed by atoms with Crippen LogP contribution in [-0.4, -0.2) is 12.3 Å². The predicted molar refractivity (Wildman–Crippen MR) is 70.0 cm³/mol. The first-order valence-electron chi connectivity index (χ1n) is 6.37. The zero-order valence-electron chi connectivity index (χ0n) is 10.8. The molecule has 1 aromatic rings. The van der Waals surface area contributed by atoms with E-state index in [4.69, 9.17) is 5.73 Å². The molecule has 0 saturated heterocycles. The zero-order chi connectivity index (χ0) is 12.5. The van der Waals surface area contributed by atoms with Gasteiger partial charge >= 0.3 is 0 Å². The highest BCUT2D eigenvalue weighted by molar-refractivity contribution is 5.88. The van der Waals surface area contributed by atoms with E-state index in [0.29, 0.717) is 18.7 Å². The summed E-state index contributed by atoms with van der Waals surface area (Å²) in [4.78, 5) is 12.3. The minimum absolute atomic E-state index is 0.198. The first-order chi connectivity index (χ1) is 8.07. The molecule has 0 radical (unpaired) electrons. The summed E-state index contributed by atoms with van der Waals surface area (Å²) in [7, 11) is 0. The van der Waals surface area contributed by atoms with Gasteiger partial charge in [-0.25, -0.2) is 0 Å². The fourth-order valence-electron chi connectivity index (χ4n) is 2.55. The van der Waals surface area contributed by atoms with Crippen LogP contribution in [0, 0.1) is 19.3 Å². The molecule has 0 aromatic heterocycles. The van der Waals surface area contributed by atoms with Crippen molar-refractivity contribution in [1.29, 1.82) is 0 Å². The SMILES string of the molecule is Cc1ccc(C)c(CC(=O)C2(CN)CCC2)c1. The highest BCUT2D eigenvalue weighted by Gasteiger charge is 2.42. The fourth-order valence-corrected chi connectivity index (χ4v) is 2.55. The molecule has 1 fully saturated rings. The number of nitrogens with two attached hydrogens (primary N) is 1. The van der Waals surface area contributed by atoms with Crippen molar-refractivity contribution in [1.82, 2.24) is 0 Å². The highest BCUT2D eigenvalue weighted by atomic mass is 16.1. The Hall–Kier alpha value is -1.15. The Morgan fingerprint density at radius 2 is 2.06 bits per heavy atom. The van der Waals surface area contributed by atoms with Crippen LogP contribution in [0.4, 0.5) is 0 Å². The maximum absolute atomic E-state index is 12.3. The summed E-state index contributed by atoms with van der Waals surface area (Å²) < 4.78 is 0. The van der Waals surface area contributed by atoms with Gasteiger partial charge in [0.2, 0.25) is 0 Å². The topological polar surface area (TPSA) is 43.1 Å². The summed E-state index contributed by atoms with van der Waals surface area (Å²) in [5.74, 6) is 0.333. The van der Waals surface area contributed by atoms with E-state index in [1.165, 1.54) is 11.1 Å². The monoisotopic (exact) mass is 231 g/mol. The van der Waals surface area contributed by atoms with Crippen LogP contribution < -0.4 is 5.73 Å². The molecule has 2 N–H and O–H groups in total. The molecule has 2 heteroatoms. The van der Waals surface area contributed by atoms with Crippen LogP contribution in [0.2, 0.25) is 0 Å². The van der Waals surface area contributed by atoms with Gasteiger partial charge < -0.3 is 5.73 Å². The number of ketones is 1. The third kappa shape index (κ3) is 2.27. The number of hydrogen-bond acceptors (Lipinski definition) is 2. The molecule has 2 rings (SSSR count). The predicted octanol–water partition coefficient (Wildman–Crippen LogP) is 2.54. The van der Waals surface area contributed by atoms with Gasteiger partial charge in [-0.05, 0) is 37.8 Å². The van der Waals surface area contributed by atoms with Crippen LogP contribution in [0.5, 0.6) is 0 Å². The van der Waals surface area contributed by atoms with Gasteiger partial charge in [0.1, 0.15) is 5.78 Å². The van der Waals surface area contributed by atoms with Crippen molar-refractivity contribution in [3.8, 4) is 0 Å². The molecule has 1 aromatic carbocycles. The molecule has 1 saturated carbocycles. The van der Waals surface area contributed by atoms with Gasteiger partial charge in [-0.15, -0.1) is 0 Å². The summed E-state index contributed by atoms with van der Waals surface area (Å²) in [6.45, 7) is 4.64. The van der Waals surface area contributed by atoms with Crippen molar-refractivity contribution < 1.29 is 4.79 Å². The number of rotatable bonds is 4. The third-order valence-corrected chi connectivity index (χ3v) is 4.15. The Kier molecular flexibility index (Phi) is 3.34. The van der Waals surface area contributed by atoms with Crippen LogP contribution in [0.15, 0.2) is 18.2 Å². The summed E-state index contributed by atoms with van der Waals surface area (Å²) in [5, 5.41) is 0. The van der Waals surface area contributed by atoms with Crippen LogP contribution in [0.3, 0.4) is 0 Å². The first kappa shape index (κ1) is 12.3. The van der Waals surface area contributed by atoms with Crippen molar-refractivity contribution in [3.63, 3.8) is 0 Å². The number of Topliss-reactive ketones (excluding diaryl/α,β-unsaturated/α-hetero) is 1. The summed E-state index contributed by atoms with van der Waals surface area (Å²) in [6.07, 6.45) is 3.65. The van der Waals surface area contributed by atoms with E-state index in [0.717, 1.165) is 24.8 Å². The average molecular weight is 231 g/mol. The zero-order valence-corrected chi connectivity index (χ0v) is 10.8. The molecule has 1 aliphatic carbocycles. The van der Waals surface area contributed by atoms with Crippen molar-refractivity contribution in [3.05, 3.63) is 34.9 Å². The van der Waals surface area contributed by atoms with E-state index < -0.39 is 0 Å². The first-order valence-corrected chi connectivity index (χ1v) is 6.37. The van der Waals surface area contributed by atoms with Crippen molar-refractivity contribution in [2.75, 3.05) is 6.54 Å². The van der Waals surface area contributed by atoms with Gasteiger partial charge in [-0.2, -0.15) is 0 Å². The lowest BCUT2D eigenvalue weighted by Gasteiger charge is -2.39. The smallest absolute Gasteiger partial charge is 0.144 e. The standard InChI is InChI=1S/C15H21NO/c1-11-4-5-12(2)13(8-11)9-14(17)15(10-16)6-3-7-15/h4-5,8H,3,6-7,9-10,16H2,1-2H3. The molecular weight excluding hydrogens is 210 g/mol. The number of hydrogen-bond donors (Lipinski definition) is 1. The largest absolute Gasteiger partial charge is 0.329 e. The van der Waals surface area contributed by atoms with Gasteiger partial charge in [-0.3, -0.25) is 4.79 Å². The van der Waals surface area contributed by atoms with Crippen molar-refractivity contribution >= 4 is 5.78 Å². The fraction of sp³-hybridized carbons (Fsp3) is 0.533. The molecule has 17 heavy (non-hydrogen) atoms. The van der Waals surface area contributed by atoms with E-state index in [2.05, 4.69) is 32.0 Å². The van der Waals surface area contributed by atoms with Gasteiger partial charge in [0, 0.05) is 18.4 Å². The maximum atomic E-state index is 12.3. The number of benzene rings is 1. The summed E-state index contributed by atoms with van der Waals surface area (Å²) in [6, 6.07) is 6.30. The normalized spacial score (nSPS) is 17.6. The Bertz CT molecular complexity index is 427. The number of carbonyl (C=O) groups excluding carboxylic acids is 1. The maximum Gasteiger partial charge on any atom is 0.144 e. The Labute approximate surface area is 103 Å². The second-order valence-electron chi connectivity index (χ2n) is 5.37. The quantitative estimate of drug-likeness (QED) is 0.865. The van der Waals surface area contributed by atoms with E-state index in [-0.39, 0.29) is 5.41 Å². The molecule has 0 amide bonds. The van der Waals surface area contributed by atoms with Crippen LogP contribution in [0.1, 0.15) is 36.0 Å². The Morgan fingerprint density at radius 3 is 2.59 bits per heavy atom. The third-order valence-electron chi connectivity index (χ3n) is 4.15. The van der Waals surface area contributed by atoms with E-state index in [1.807, 2.05) is 0 Å². The molecule has 1 aliphatic rings. The van der Waals surface area contributed by atoms with Gasteiger partial charge in [0.05, 0.1) is 0 Å².